The Morgan fingerprint density at radius 1 is 1.64 bits per heavy atom. The second kappa shape index (κ2) is 3.70. The van der Waals surface area contributed by atoms with E-state index in [2.05, 4.69) is 4.84 Å². The van der Waals surface area contributed by atoms with Crippen LogP contribution >= 0.6 is 11.8 Å². The number of esters is 1. The maximum Gasteiger partial charge on any atom is 0.328 e. The zero-order chi connectivity index (χ0) is 11.0. The third-order valence-corrected chi connectivity index (χ3v) is 2.87. The quantitative estimate of drug-likeness (QED) is 0.585. The number of nitrogens with one attached hydrogen (secondary N) is 1. The lowest BCUT2D eigenvalue weighted by atomic mass is 10.1. The molecule has 1 aliphatic rings. The molecule has 0 spiro atoms. The molecule has 1 aliphatic carbocycles. The van der Waals surface area contributed by atoms with E-state index < -0.39 is 11.1 Å². The normalized spacial score (nSPS) is 31.4. The summed E-state index contributed by atoms with van der Waals surface area (Å²) >= 11 is 5.60. The first-order valence-electron chi connectivity index (χ1n) is 4.97. The van der Waals surface area contributed by atoms with Crippen LogP contribution in [0.25, 0.3) is 0 Å². The van der Waals surface area contributed by atoms with Gasteiger partial charge >= 0.3 is 5.97 Å². The summed E-state index contributed by atoms with van der Waals surface area (Å²) in [5, 5.41) is 0. The lowest BCUT2D eigenvalue weighted by Gasteiger charge is -2.23. The molecule has 0 radical (unpaired) electrons. The van der Waals surface area contributed by atoms with Crippen LogP contribution in [0.1, 0.15) is 40.5 Å². The van der Waals surface area contributed by atoms with Crippen molar-refractivity contribution in [1.29, 1.82) is 0 Å². The monoisotopic (exact) mass is 219 g/mol. The summed E-state index contributed by atoms with van der Waals surface area (Å²) in [5.74, 6) is 0.0849. The van der Waals surface area contributed by atoms with E-state index in [-0.39, 0.29) is 5.97 Å². The van der Waals surface area contributed by atoms with Gasteiger partial charge in [-0.1, -0.05) is 13.3 Å². The van der Waals surface area contributed by atoms with Crippen molar-refractivity contribution in [3.8, 4) is 0 Å². The van der Waals surface area contributed by atoms with Crippen LogP contribution in [0, 0.1) is 5.92 Å². The summed E-state index contributed by atoms with van der Waals surface area (Å²) in [7, 11) is 0. The molecule has 1 N–H and O–H groups in total. The summed E-state index contributed by atoms with van der Waals surface area (Å²) in [6.07, 6.45) is 1.72. The molecular weight excluding hydrogens is 202 g/mol. The molecule has 0 aromatic heterocycles. The number of hydrogen-bond donors (Lipinski definition) is 1. The maximum absolute atomic E-state index is 11.8. The topological polar surface area (TPSA) is 38.3 Å². The van der Waals surface area contributed by atoms with Crippen molar-refractivity contribution < 1.29 is 9.53 Å². The fourth-order valence-electron chi connectivity index (χ4n) is 1.60. The summed E-state index contributed by atoms with van der Waals surface area (Å²) in [5.41, 5.74) is -1.07. The summed E-state index contributed by atoms with van der Waals surface area (Å²) in [6, 6.07) is 0. The average Bonchev–Trinajstić information content (AvgIpc) is 2.76. The minimum absolute atomic E-state index is 0.230. The fourth-order valence-corrected chi connectivity index (χ4v) is 1.90. The van der Waals surface area contributed by atoms with Gasteiger partial charge in [0, 0.05) is 0 Å². The highest BCUT2D eigenvalue weighted by atomic mass is 35.5. The van der Waals surface area contributed by atoms with E-state index in [0.717, 1.165) is 12.8 Å². The Kier molecular flexibility index (Phi) is 3.12. The van der Waals surface area contributed by atoms with E-state index in [4.69, 9.17) is 16.5 Å². The van der Waals surface area contributed by atoms with Crippen LogP contribution in [-0.4, -0.2) is 17.1 Å². The number of carbonyl (C=O) groups excluding carboxylic acids is 1. The van der Waals surface area contributed by atoms with Crippen LogP contribution in [0.15, 0.2) is 0 Å². The molecule has 0 aliphatic heterocycles. The molecule has 3 nitrogen and oxygen atoms in total. The van der Waals surface area contributed by atoms with Gasteiger partial charge in [-0.05, 0) is 44.9 Å². The molecule has 2 atom stereocenters. The highest BCUT2D eigenvalue weighted by Gasteiger charge is 2.60. The van der Waals surface area contributed by atoms with Crippen molar-refractivity contribution in [3.63, 3.8) is 0 Å². The second-order valence-corrected chi connectivity index (χ2v) is 5.07. The Labute approximate surface area is 90.3 Å². The predicted octanol–water partition coefficient (Wildman–Crippen LogP) is 2.24. The van der Waals surface area contributed by atoms with Crippen LogP contribution in [0.4, 0.5) is 0 Å². The van der Waals surface area contributed by atoms with Gasteiger partial charge in [-0.3, -0.25) is 0 Å². The number of halogens is 1. The molecule has 0 amide bonds. The number of hydrogen-bond acceptors (Lipinski definition) is 3. The van der Waals surface area contributed by atoms with Gasteiger partial charge in [-0.15, -0.1) is 0 Å². The minimum Gasteiger partial charge on any atom is -0.459 e. The van der Waals surface area contributed by atoms with Crippen LogP contribution in [0.5, 0.6) is 0 Å². The maximum atomic E-state index is 11.8. The Morgan fingerprint density at radius 2 is 2.21 bits per heavy atom. The molecule has 0 bridgehead atoms. The van der Waals surface area contributed by atoms with Gasteiger partial charge < -0.3 is 4.74 Å². The van der Waals surface area contributed by atoms with Crippen LogP contribution in [0.2, 0.25) is 0 Å². The van der Waals surface area contributed by atoms with Crippen molar-refractivity contribution in [2.45, 2.75) is 51.7 Å². The molecule has 14 heavy (non-hydrogen) atoms. The van der Waals surface area contributed by atoms with Gasteiger partial charge in [0.1, 0.15) is 11.1 Å². The minimum atomic E-state index is -0.621. The van der Waals surface area contributed by atoms with E-state index in [1.807, 2.05) is 27.7 Å². The molecular formula is C10H18ClNO2. The van der Waals surface area contributed by atoms with Crippen molar-refractivity contribution in [2.24, 2.45) is 5.92 Å². The summed E-state index contributed by atoms with van der Waals surface area (Å²) in [4.78, 5) is 14.3. The van der Waals surface area contributed by atoms with Gasteiger partial charge in [0.05, 0.1) is 0 Å². The van der Waals surface area contributed by atoms with E-state index in [1.165, 1.54) is 0 Å². The predicted molar refractivity (Wildman–Crippen MR) is 56.0 cm³/mol. The zero-order valence-electron chi connectivity index (χ0n) is 9.19. The molecule has 0 aromatic carbocycles. The van der Waals surface area contributed by atoms with E-state index in [0.29, 0.717) is 5.92 Å². The van der Waals surface area contributed by atoms with Gasteiger partial charge in [0.25, 0.3) is 0 Å². The van der Waals surface area contributed by atoms with Crippen molar-refractivity contribution in [3.05, 3.63) is 0 Å². The SMILES string of the molecule is CCC1C[C@]1(NCl)C(=O)OC(C)(C)C. The first-order chi connectivity index (χ1) is 6.35. The molecule has 1 rings (SSSR count). The Hall–Kier alpha value is -0.280. The Bertz CT molecular complexity index is 237. The highest BCUT2D eigenvalue weighted by molar-refractivity contribution is 6.16. The second-order valence-electron chi connectivity index (χ2n) is 4.88. The molecule has 0 aromatic rings. The highest BCUT2D eigenvalue weighted by Crippen LogP contribution is 2.47. The fraction of sp³-hybridized carbons (Fsp3) is 0.900. The standard InChI is InChI=1S/C10H18ClNO2/c1-5-7-6-10(7,12-11)8(13)14-9(2,3)4/h7,12H,5-6H2,1-4H3/t7?,10-/m1/s1. The molecule has 82 valence electrons. The third-order valence-electron chi connectivity index (χ3n) is 2.53. The van der Waals surface area contributed by atoms with Crippen LogP contribution in [0.3, 0.4) is 0 Å². The lowest BCUT2D eigenvalue weighted by molar-refractivity contribution is -0.158. The van der Waals surface area contributed by atoms with E-state index >= 15 is 0 Å². The van der Waals surface area contributed by atoms with E-state index in [1.54, 1.807) is 0 Å². The van der Waals surface area contributed by atoms with Gasteiger partial charge in [-0.2, -0.15) is 0 Å². The van der Waals surface area contributed by atoms with Gasteiger partial charge in [-0.25, -0.2) is 9.63 Å². The molecule has 1 saturated carbocycles. The molecule has 1 unspecified atom stereocenters. The first kappa shape index (κ1) is 11.8. The van der Waals surface area contributed by atoms with Crippen molar-refractivity contribution in [1.82, 2.24) is 4.84 Å². The van der Waals surface area contributed by atoms with Crippen molar-refractivity contribution >= 4 is 17.7 Å². The molecule has 4 heteroatoms. The summed E-state index contributed by atoms with van der Waals surface area (Å²) in [6.45, 7) is 7.62. The first-order valence-corrected chi connectivity index (χ1v) is 5.35. The smallest absolute Gasteiger partial charge is 0.328 e. The van der Waals surface area contributed by atoms with Gasteiger partial charge in [0.2, 0.25) is 0 Å². The van der Waals surface area contributed by atoms with Crippen molar-refractivity contribution in [2.75, 3.05) is 0 Å². The molecule has 1 fully saturated rings. The number of rotatable bonds is 3. The number of carbonyl (C=O) groups is 1. The molecule has 0 heterocycles. The zero-order valence-corrected chi connectivity index (χ0v) is 9.94. The van der Waals surface area contributed by atoms with Crippen LogP contribution < -0.4 is 4.84 Å². The van der Waals surface area contributed by atoms with Gasteiger partial charge in [0.15, 0.2) is 0 Å². The third kappa shape index (κ3) is 2.20. The average molecular weight is 220 g/mol. The Balaban J connectivity index is 2.61. The van der Waals surface area contributed by atoms with Crippen LogP contribution in [-0.2, 0) is 9.53 Å². The van der Waals surface area contributed by atoms with E-state index in [9.17, 15) is 4.79 Å². The number of ether oxygens (including phenoxy) is 1. The summed E-state index contributed by atoms with van der Waals surface area (Å²) < 4.78 is 5.30. The largest absolute Gasteiger partial charge is 0.459 e. The molecule has 0 saturated heterocycles. The lowest BCUT2D eigenvalue weighted by Crippen LogP contribution is -2.41. The Morgan fingerprint density at radius 3 is 2.50 bits per heavy atom.